The topological polar surface area (TPSA) is 64.5 Å². The largest absolute Gasteiger partial charge is 0.342 e. The van der Waals surface area contributed by atoms with Crippen molar-refractivity contribution in [3.8, 4) is 6.07 Å². The zero-order valence-electron chi connectivity index (χ0n) is 9.53. The smallest absolute Gasteiger partial charge is 0.111 e. The average Bonchev–Trinajstić information content (AvgIpc) is 2.82. The minimum Gasteiger partial charge on any atom is -0.342 e. The summed E-state index contributed by atoms with van der Waals surface area (Å²) >= 11 is 0. The van der Waals surface area contributed by atoms with E-state index in [0.29, 0.717) is 11.5 Å². The predicted octanol–water partition coefficient (Wildman–Crippen LogP) is 1.90. The first-order valence-electron chi connectivity index (χ1n) is 5.97. The van der Waals surface area contributed by atoms with Crippen molar-refractivity contribution in [2.45, 2.75) is 18.8 Å². The van der Waals surface area contributed by atoms with Crippen LogP contribution in [0.3, 0.4) is 0 Å². The summed E-state index contributed by atoms with van der Waals surface area (Å²) in [4.78, 5) is 7.94. The number of hydrogen-bond donors (Lipinski definition) is 2. The molecule has 0 amide bonds. The van der Waals surface area contributed by atoms with Crippen LogP contribution in [0.25, 0.3) is 11.0 Å². The quantitative estimate of drug-likeness (QED) is 0.780. The molecule has 1 aliphatic heterocycles. The van der Waals surface area contributed by atoms with Gasteiger partial charge in [0.1, 0.15) is 5.82 Å². The molecule has 1 fully saturated rings. The third-order valence-electron chi connectivity index (χ3n) is 3.31. The summed E-state index contributed by atoms with van der Waals surface area (Å²) in [6, 6.07) is 7.73. The monoisotopic (exact) mass is 226 g/mol. The van der Waals surface area contributed by atoms with Gasteiger partial charge in [-0.25, -0.2) is 4.98 Å². The number of fused-ring (bicyclic) bond motifs is 1. The van der Waals surface area contributed by atoms with Crippen molar-refractivity contribution < 1.29 is 0 Å². The number of aromatic amines is 1. The summed E-state index contributed by atoms with van der Waals surface area (Å²) in [5.41, 5.74) is 2.59. The maximum Gasteiger partial charge on any atom is 0.111 e. The maximum atomic E-state index is 8.86. The van der Waals surface area contributed by atoms with E-state index in [9.17, 15) is 0 Å². The highest BCUT2D eigenvalue weighted by molar-refractivity contribution is 5.76. The molecule has 4 heteroatoms. The number of piperidine rings is 1. The van der Waals surface area contributed by atoms with Crippen molar-refractivity contribution in [3.63, 3.8) is 0 Å². The third kappa shape index (κ3) is 1.90. The van der Waals surface area contributed by atoms with Crippen molar-refractivity contribution >= 4 is 11.0 Å². The first-order valence-corrected chi connectivity index (χ1v) is 5.97. The van der Waals surface area contributed by atoms with E-state index in [1.54, 1.807) is 0 Å². The molecule has 1 unspecified atom stereocenters. The van der Waals surface area contributed by atoms with E-state index in [0.717, 1.165) is 29.9 Å². The molecule has 0 bridgehead atoms. The first kappa shape index (κ1) is 10.3. The van der Waals surface area contributed by atoms with E-state index in [-0.39, 0.29) is 0 Å². The molecule has 4 nitrogen and oxygen atoms in total. The highest BCUT2D eigenvalue weighted by Gasteiger charge is 2.18. The molecule has 1 aliphatic rings. The van der Waals surface area contributed by atoms with Crippen LogP contribution in [-0.2, 0) is 0 Å². The fraction of sp³-hybridized carbons (Fsp3) is 0.385. The number of nitrogens with one attached hydrogen (secondary N) is 2. The number of benzene rings is 1. The molecule has 2 aromatic rings. The van der Waals surface area contributed by atoms with Crippen molar-refractivity contribution in [3.05, 3.63) is 29.6 Å². The SMILES string of the molecule is N#Cc1ccc2nc(C3CCCNC3)[nH]c2c1. The number of rotatable bonds is 1. The van der Waals surface area contributed by atoms with Gasteiger partial charge in [0.2, 0.25) is 0 Å². The Morgan fingerprint density at radius 1 is 1.41 bits per heavy atom. The van der Waals surface area contributed by atoms with Crippen molar-refractivity contribution in [2.75, 3.05) is 13.1 Å². The molecular weight excluding hydrogens is 212 g/mol. The van der Waals surface area contributed by atoms with Gasteiger partial charge in [-0.3, -0.25) is 0 Å². The van der Waals surface area contributed by atoms with E-state index in [1.165, 1.54) is 12.8 Å². The summed E-state index contributed by atoms with van der Waals surface area (Å²) in [6.07, 6.45) is 2.38. The predicted molar refractivity (Wildman–Crippen MR) is 65.7 cm³/mol. The Balaban J connectivity index is 1.98. The van der Waals surface area contributed by atoms with E-state index >= 15 is 0 Å². The van der Waals surface area contributed by atoms with E-state index in [1.807, 2.05) is 18.2 Å². The van der Waals surface area contributed by atoms with Gasteiger partial charge in [-0.2, -0.15) is 5.26 Å². The number of H-pyrrole nitrogens is 1. The average molecular weight is 226 g/mol. The highest BCUT2D eigenvalue weighted by Crippen LogP contribution is 2.23. The molecule has 1 aromatic carbocycles. The van der Waals surface area contributed by atoms with Crippen LogP contribution in [0.15, 0.2) is 18.2 Å². The first-order chi connectivity index (χ1) is 8.36. The Bertz CT molecular complexity index is 573. The maximum absolute atomic E-state index is 8.86. The number of nitrogens with zero attached hydrogens (tertiary/aromatic N) is 2. The Kier molecular flexibility index (Phi) is 2.54. The summed E-state index contributed by atoms with van der Waals surface area (Å²) in [6.45, 7) is 2.10. The molecule has 2 N–H and O–H groups in total. The molecule has 1 saturated heterocycles. The van der Waals surface area contributed by atoms with Gasteiger partial charge in [0.15, 0.2) is 0 Å². The summed E-state index contributed by atoms with van der Waals surface area (Å²) in [7, 11) is 0. The molecule has 1 atom stereocenters. The third-order valence-corrected chi connectivity index (χ3v) is 3.31. The van der Waals surface area contributed by atoms with Crippen LogP contribution in [0.5, 0.6) is 0 Å². The van der Waals surface area contributed by atoms with Crippen molar-refractivity contribution in [1.29, 1.82) is 5.26 Å². The molecule has 2 heterocycles. The van der Waals surface area contributed by atoms with Crippen molar-refractivity contribution in [1.82, 2.24) is 15.3 Å². The molecule has 86 valence electrons. The van der Waals surface area contributed by atoms with Gasteiger partial charge in [-0.1, -0.05) is 0 Å². The molecular formula is C13H14N4. The van der Waals surface area contributed by atoms with Crippen molar-refractivity contribution in [2.24, 2.45) is 0 Å². The summed E-state index contributed by atoms with van der Waals surface area (Å²) in [5.74, 6) is 1.52. The van der Waals surface area contributed by atoms with Gasteiger partial charge in [0.05, 0.1) is 22.7 Å². The highest BCUT2D eigenvalue weighted by atomic mass is 15.0. The lowest BCUT2D eigenvalue weighted by Crippen LogP contribution is -2.28. The summed E-state index contributed by atoms with van der Waals surface area (Å²) < 4.78 is 0. The fourth-order valence-corrected chi connectivity index (χ4v) is 2.38. The molecule has 0 aliphatic carbocycles. The van der Waals surface area contributed by atoms with Gasteiger partial charge in [0, 0.05) is 12.5 Å². The van der Waals surface area contributed by atoms with E-state index < -0.39 is 0 Å². The van der Waals surface area contributed by atoms with Crippen LogP contribution in [0.2, 0.25) is 0 Å². The van der Waals surface area contributed by atoms with Gasteiger partial charge in [0.25, 0.3) is 0 Å². The van der Waals surface area contributed by atoms with Gasteiger partial charge in [-0.05, 0) is 37.6 Å². The van der Waals surface area contributed by atoms with Crippen LogP contribution in [0.4, 0.5) is 0 Å². The Labute approximate surface area is 99.7 Å². The lowest BCUT2D eigenvalue weighted by molar-refractivity contribution is 0.449. The zero-order chi connectivity index (χ0) is 11.7. The second kappa shape index (κ2) is 4.19. The Morgan fingerprint density at radius 2 is 2.35 bits per heavy atom. The van der Waals surface area contributed by atoms with Gasteiger partial charge in [-0.15, -0.1) is 0 Å². The number of nitriles is 1. The Morgan fingerprint density at radius 3 is 3.12 bits per heavy atom. The lowest BCUT2D eigenvalue weighted by Gasteiger charge is -2.20. The number of aromatic nitrogens is 2. The minimum atomic E-state index is 0.474. The molecule has 0 spiro atoms. The van der Waals surface area contributed by atoms with Crippen LogP contribution >= 0.6 is 0 Å². The van der Waals surface area contributed by atoms with E-state index in [4.69, 9.17) is 5.26 Å². The number of imidazole rings is 1. The van der Waals surface area contributed by atoms with Gasteiger partial charge < -0.3 is 10.3 Å². The normalized spacial score (nSPS) is 20.3. The van der Waals surface area contributed by atoms with Crippen LogP contribution < -0.4 is 5.32 Å². The number of hydrogen-bond acceptors (Lipinski definition) is 3. The molecule has 3 rings (SSSR count). The van der Waals surface area contributed by atoms with Crippen LogP contribution in [-0.4, -0.2) is 23.1 Å². The molecule has 1 aromatic heterocycles. The molecule has 17 heavy (non-hydrogen) atoms. The van der Waals surface area contributed by atoms with Gasteiger partial charge >= 0.3 is 0 Å². The minimum absolute atomic E-state index is 0.474. The Hall–Kier alpha value is -1.86. The fourth-order valence-electron chi connectivity index (χ4n) is 2.38. The second-order valence-electron chi connectivity index (χ2n) is 4.51. The van der Waals surface area contributed by atoms with Crippen LogP contribution in [0.1, 0.15) is 30.1 Å². The standard InChI is InChI=1S/C13H14N4/c14-7-9-3-4-11-12(6-9)17-13(16-11)10-2-1-5-15-8-10/h3-4,6,10,15H,1-2,5,8H2,(H,16,17). The lowest BCUT2D eigenvalue weighted by atomic mass is 9.99. The van der Waals surface area contributed by atoms with E-state index in [2.05, 4.69) is 21.4 Å². The molecule has 0 saturated carbocycles. The summed E-state index contributed by atoms with van der Waals surface area (Å²) in [5, 5.41) is 12.2. The van der Waals surface area contributed by atoms with Crippen LogP contribution in [0, 0.1) is 11.3 Å². The zero-order valence-corrected chi connectivity index (χ0v) is 9.53. The second-order valence-corrected chi connectivity index (χ2v) is 4.51. The molecule has 0 radical (unpaired) electrons.